The lowest BCUT2D eigenvalue weighted by Crippen LogP contribution is -2.04. The molecule has 4 rings (SSSR count). The Balaban J connectivity index is 1.74. The Kier molecular flexibility index (Phi) is 5.69. The van der Waals surface area contributed by atoms with Gasteiger partial charge in [0.05, 0.1) is 17.9 Å². The summed E-state index contributed by atoms with van der Waals surface area (Å²) in [6, 6.07) is 11.7. The fourth-order valence-electron chi connectivity index (χ4n) is 3.02. The number of pyridine rings is 2. The van der Waals surface area contributed by atoms with Gasteiger partial charge in [-0.3, -0.25) is 0 Å². The van der Waals surface area contributed by atoms with Crippen LogP contribution in [0.4, 0.5) is 5.69 Å². The number of methoxy groups -OCH3 is 1. The SMILES string of the molecule is COCCc1noc(-c2cnc3nc(C)ccc3c2NCc2cccc(Cl)c2)n1. The zero-order valence-corrected chi connectivity index (χ0v) is 16.9. The second kappa shape index (κ2) is 8.55. The summed E-state index contributed by atoms with van der Waals surface area (Å²) < 4.78 is 10.6. The highest BCUT2D eigenvalue weighted by molar-refractivity contribution is 6.30. The van der Waals surface area contributed by atoms with Crippen LogP contribution in [0, 0.1) is 6.92 Å². The predicted octanol–water partition coefficient (Wildman–Crippen LogP) is 4.44. The largest absolute Gasteiger partial charge is 0.384 e. The van der Waals surface area contributed by atoms with Gasteiger partial charge in [0, 0.05) is 42.4 Å². The van der Waals surface area contributed by atoms with E-state index in [-0.39, 0.29) is 0 Å². The Morgan fingerprint density at radius 1 is 1.17 bits per heavy atom. The van der Waals surface area contributed by atoms with Crippen LogP contribution in [0.3, 0.4) is 0 Å². The fraction of sp³-hybridized carbons (Fsp3) is 0.238. The Bertz CT molecular complexity index is 1150. The zero-order valence-electron chi connectivity index (χ0n) is 16.1. The van der Waals surface area contributed by atoms with E-state index in [1.54, 1.807) is 13.3 Å². The summed E-state index contributed by atoms with van der Waals surface area (Å²) in [5, 5.41) is 9.10. The van der Waals surface area contributed by atoms with Gasteiger partial charge in [0.2, 0.25) is 0 Å². The number of fused-ring (bicyclic) bond motifs is 1. The molecule has 0 aliphatic rings. The summed E-state index contributed by atoms with van der Waals surface area (Å²) in [5.41, 5.74) is 4.17. The maximum absolute atomic E-state index is 6.12. The number of ether oxygens (including phenoxy) is 1. The molecule has 7 nitrogen and oxygen atoms in total. The van der Waals surface area contributed by atoms with E-state index in [2.05, 4.69) is 25.4 Å². The van der Waals surface area contributed by atoms with Crippen LogP contribution in [0.5, 0.6) is 0 Å². The monoisotopic (exact) mass is 409 g/mol. The molecule has 0 saturated carbocycles. The molecule has 1 aromatic carbocycles. The lowest BCUT2D eigenvalue weighted by Gasteiger charge is -2.13. The van der Waals surface area contributed by atoms with Gasteiger partial charge in [-0.05, 0) is 36.8 Å². The molecule has 1 N–H and O–H groups in total. The van der Waals surface area contributed by atoms with Gasteiger partial charge in [-0.2, -0.15) is 4.98 Å². The van der Waals surface area contributed by atoms with E-state index >= 15 is 0 Å². The predicted molar refractivity (Wildman–Crippen MR) is 112 cm³/mol. The van der Waals surface area contributed by atoms with Crippen molar-refractivity contribution in [3.63, 3.8) is 0 Å². The number of aryl methyl sites for hydroxylation is 1. The van der Waals surface area contributed by atoms with Crippen molar-refractivity contribution in [2.24, 2.45) is 0 Å². The summed E-state index contributed by atoms with van der Waals surface area (Å²) in [6.45, 7) is 3.04. The van der Waals surface area contributed by atoms with Gasteiger partial charge in [-0.1, -0.05) is 28.9 Å². The average molecular weight is 410 g/mol. The van der Waals surface area contributed by atoms with Crippen molar-refractivity contribution in [2.45, 2.75) is 19.9 Å². The zero-order chi connectivity index (χ0) is 20.2. The van der Waals surface area contributed by atoms with Gasteiger partial charge in [0.1, 0.15) is 0 Å². The topological polar surface area (TPSA) is 86.0 Å². The molecule has 0 radical (unpaired) electrons. The maximum atomic E-state index is 6.12. The Morgan fingerprint density at radius 3 is 2.90 bits per heavy atom. The molecule has 0 aliphatic carbocycles. The van der Waals surface area contributed by atoms with E-state index in [0.29, 0.717) is 42.0 Å². The number of hydrogen-bond acceptors (Lipinski definition) is 7. The molecule has 0 fully saturated rings. The van der Waals surface area contributed by atoms with Crippen LogP contribution >= 0.6 is 11.6 Å². The molecule has 3 heterocycles. The van der Waals surface area contributed by atoms with Gasteiger partial charge in [0.15, 0.2) is 11.5 Å². The molecule has 148 valence electrons. The molecule has 0 bridgehead atoms. The maximum Gasteiger partial charge on any atom is 0.261 e. The number of benzene rings is 1. The van der Waals surface area contributed by atoms with E-state index in [9.17, 15) is 0 Å². The van der Waals surface area contributed by atoms with Crippen molar-refractivity contribution in [1.82, 2.24) is 20.1 Å². The number of nitrogens with zero attached hydrogens (tertiary/aromatic N) is 4. The minimum absolute atomic E-state index is 0.402. The number of aromatic nitrogens is 4. The van der Waals surface area contributed by atoms with Crippen molar-refractivity contribution in [3.8, 4) is 11.5 Å². The summed E-state index contributed by atoms with van der Waals surface area (Å²) in [7, 11) is 1.64. The Hall–Kier alpha value is -3.03. The van der Waals surface area contributed by atoms with E-state index in [1.165, 1.54) is 0 Å². The molecular weight excluding hydrogens is 390 g/mol. The normalized spacial score (nSPS) is 11.1. The number of hydrogen-bond donors (Lipinski definition) is 1. The van der Waals surface area contributed by atoms with Gasteiger partial charge < -0.3 is 14.6 Å². The van der Waals surface area contributed by atoms with E-state index in [1.807, 2.05) is 43.3 Å². The molecule has 8 heteroatoms. The van der Waals surface area contributed by atoms with Crippen LogP contribution in [0.25, 0.3) is 22.5 Å². The lowest BCUT2D eigenvalue weighted by atomic mass is 10.1. The van der Waals surface area contributed by atoms with Crippen LogP contribution in [0.2, 0.25) is 5.02 Å². The first-order valence-corrected chi connectivity index (χ1v) is 9.58. The summed E-state index contributed by atoms with van der Waals surface area (Å²) in [5.74, 6) is 0.990. The van der Waals surface area contributed by atoms with Crippen LogP contribution in [-0.4, -0.2) is 33.8 Å². The molecule has 0 amide bonds. The third kappa shape index (κ3) is 4.36. The standard InChI is InChI=1S/C21H20ClN5O2/c1-13-6-7-16-19(23-11-14-4-3-5-15(22)10-14)17(12-24-20(16)25-13)21-26-18(27-29-21)8-9-28-2/h3-7,10,12H,8-9,11H2,1-2H3,(H,23,24,25). The summed E-state index contributed by atoms with van der Waals surface area (Å²) in [6.07, 6.45) is 2.29. The molecule has 0 atom stereocenters. The second-order valence-corrected chi connectivity index (χ2v) is 7.05. The number of halogens is 1. The van der Waals surface area contributed by atoms with Crippen molar-refractivity contribution in [1.29, 1.82) is 0 Å². The quantitative estimate of drug-likeness (QED) is 0.482. The molecule has 0 unspecified atom stereocenters. The fourth-order valence-corrected chi connectivity index (χ4v) is 3.23. The van der Waals surface area contributed by atoms with Gasteiger partial charge in [-0.15, -0.1) is 0 Å². The van der Waals surface area contributed by atoms with Crippen molar-refractivity contribution < 1.29 is 9.26 Å². The molecule has 0 spiro atoms. The Morgan fingerprint density at radius 2 is 2.07 bits per heavy atom. The van der Waals surface area contributed by atoms with Crippen LogP contribution in [0.1, 0.15) is 17.1 Å². The van der Waals surface area contributed by atoms with E-state index < -0.39 is 0 Å². The first-order valence-electron chi connectivity index (χ1n) is 9.20. The van der Waals surface area contributed by atoms with Crippen molar-refractivity contribution in [2.75, 3.05) is 19.0 Å². The molecule has 0 aliphatic heterocycles. The number of anilines is 1. The first-order chi connectivity index (χ1) is 14.1. The van der Waals surface area contributed by atoms with Crippen LogP contribution < -0.4 is 5.32 Å². The molecule has 29 heavy (non-hydrogen) atoms. The minimum atomic E-state index is 0.402. The second-order valence-electron chi connectivity index (χ2n) is 6.61. The number of rotatable bonds is 7. The first kappa shape index (κ1) is 19.3. The molecule has 4 aromatic rings. The number of nitrogens with one attached hydrogen (secondary N) is 1. The Labute approximate surface area is 173 Å². The highest BCUT2D eigenvalue weighted by atomic mass is 35.5. The summed E-state index contributed by atoms with van der Waals surface area (Å²) in [4.78, 5) is 13.5. The third-order valence-electron chi connectivity index (χ3n) is 4.46. The van der Waals surface area contributed by atoms with Gasteiger partial charge >= 0.3 is 0 Å². The molecule has 3 aromatic heterocycles. The van der Waals surface area contributed by atoms with E-state index in [0.717, 1.165) is 27.9 Å². The highest BCUT2D eigenvalue weighted by Crippen LogP contribution is 2.33. The van der Waals surface area contributed by atoms with Crippen molar-refractivity contribution in [3.05, 3.63) is 64.7 Å². The van der Waals surface area contributed by atoms with Crippen LogP contribution in [0.15, 0.2) is 47.1 Å². The summed E-state index contributed by atoms with van der Waals surface area (Å²) >= 11 is 6.12. The van der Waals surface area contributed by atoms with E-state index in [4.69, 9.17) is 20.9 Å². The van der Waals surface area contributed by atoms with Gasteiger partial charge in [0.25, 0.3) is 5.89 Å². The average Bonchev–Trinajstić information content (AvgIpc) is 3.19. The minimum Gasteiger partial charge on any atom is -0.384 e. The van der Waals surface area contributed by atoms with Crippen LogP contribution in [-0.2, 0) is 17.7 Å². The van der Waals surface area contributed by atoms with Crippen molar-refractivity contribution >= 4 is 28.3 Å². The lowest BCUT2D eigenvalue weighted by molar-refractivity contribution is 0.199. The highest BCUT2D eigenvalue weighted by Gasteiger charge is 2.17. The molecule has 0 saturated heterocycles. The smallest absolute Gasteiger partial charge is 0.261 e. The van der Waals surface area contributed by atoms with Gasteiger partial charge in [-0.25, -0.2) is 9.97 Å². The third-order valence-corrected chi connectivity index (χ3v) is 4.69. The molecular formula is C21H20ClN5O2.